The van der Waals surface area contributed by atoms with Crippen molar-refractivity contribution in [3.63, 3.8) is 0 Å². The summed E-state index contributed by atoms with van der Waals surface area (Å²) >= 11 is 0. The van der Waals surface area contributed by atoms with E-state index >= 15 is 0 Å². The van der Waals surface area contributed by atoms with E-state index in [1.807, 2.05) is 48.8 Å². The van der Waals surface area contributed by atoms with Crippen LogP contribution in [0.15, 0.2) is 170 Å². The van der Waals surface area contributed by atoms with Crippen LogP contribution in [0, 0.1) is 0 Å². The molecule has 0 fully saturated rings. The van der Waals surface area contributed by atoms with Crippen molar-refractivity contribution in [3.8, 4) is 62.3 Å². The highest BCUT2D eigenvalue weighted by molar-refractivity contribution is 6.98. The molecule has 6 aromatic carbocycles. The molecule has 5 heterocycles. The molecule has 0 saturated heterocycles. The molecule has 0 unspecified atom stereocenters. The van der Waals surface area contributed by atoms with E-state index in [4.69, 9.17) is 9.47 Å². The van der Waals surface area contributed by atoms with Crippen LogP contribution in [0.5, 0.6) is 23.0 Å². The molecule has 9 aromatic rings. The molecule has 2 aliphatic heterocycles. The minimum Gasteiger partial charge on any atom is -0.458 e. The summed E-state index contributed by atoms with van der Waals surface area (Å²) in [7, 11) is 0. The van der Waals surface area contributed by atoms with Gasteiger partial charge in [0.1, 0.15) is 23.0 Å². The van der Waals surface area contributed by atoms with E-state index in [2.05, 4.69) is 149 Å². The van der Waals surface area contributed by atoms with Gasteiger partial charge in [-0.2, -0.15) is 0 Å². The third kappa shape index (κ3) is 5.03. The summed E-state index contributed by atoms with van der Waals surface area (Å²) in [6.07, 6.45) is 7.96. The Morgan fingerprint density at radius 1 is 0.527 bits per heavy atom. The van der Waals surface area contributed by atoms with Gasteiger partial charge in [0, 0.05) is 34.3 Å². The first-order valence-corrected chi connectivity index (χ1v) is 18.6. The molecule has 11 rings (SSSR count). The van der Waals surface area contributed by atoms with Crippen molar-refractivity contribution >= 4 is 51.0 Å². The summed E-state index contributed by atoms with van der Waals surface area (Å²) in [6, 6.07) is 53.1. The average molecular weight is 706 g/mol. The van der Waals surface area contributed by atoms with Gasteiger partial charge in [0.05, 0.1) is 22.4 Å². The minimum atomic E-state index is -0.107. The summed E-state index contributed by atoms with van der Waals surface area (Å²) in [6.45, 7) is 1.96. The van der Waals surface area contributed by atoms with Gasteiger partial charge < -0.3 is 14.0 Å². The van der Waals surface area contributed by atoms with Crippen LogP contribution in [0.1, 0.15) is 12.5 Å². The Labute approximate surface area is 318 Å². The minimum absolute atomic E-state index is 0.107. The Bertz CT molecular complexity index is 2880. The van der Waals surface area contributed by atoms with Gasteiger partial charge in [0.25, 0.3) is 6.71 Å². The van der Waals surface area contributed by atoms with Gasteiger partial charge in [0.2, 0.25) is 0 Å². The third-order valence-electron chi connectivity index (χ3n) is 10.9. The maximum absolute atomic E-state index is 6.79. The lowest BCUT2D eigenvalue weighted by Gasteiger charge is -2.34. The van der Waals surface area contributed by atoms with Gasteiger partial charge in [-0.05, 0) is 131 Å². The SMILES string of the molecule is CC=Cc1cccc2c1c1ccccc1n2-c1ccc(-c2cc3c4c(c2)Oc2ccc(-c5ccccn5)cc2B4c2cc(-c4ccccn4)ccc2O3)cc1. The van der Waals surface area contributed by atoms with Gasteiger partial charge in [0.15, 0.2) is 0 Å². The van der Waals surface area contributed by atoms with E-state index < -0.39 is 0 Å². The molecule has 0 radical (unpaired) electrons. The molecule has 0 N–H and O–H groups in total. The Morgan fingerprint density at radius 3 is 1.75 bits per heavy atom. The fourth-order valence-electron chi connectivity index (χ4n) is 8.50. The van der Waals surface area contributed by atoms with E-state index in [0.717, 1.165) is 78.7 Å². The van der Waals surface area contributed by atoms with E-state index in [9.17, 15) is 0 Å². The van der Waals surface area contributed by atoms with Crippen molar-refractivity contribution in [1.29, 1.82) is 0 Å². The molecule has 0 atom stereocenters. The first kappa shape index (κ1) is 31.4. The molecular formula is C49H32BN3O2. The number of para-hydroxylation sites is 1. The number of rotatable bonds is 5. The molecule has 258 valence electrons. The molecule has 2 aliphatic rings. The highest BCUT2D eigenvalue weighted by Gasteiger charge is 2.41. The molecule has 0 saturated carbocycles. The maximum atomic E-state index is 6.79. The number of nitrogens with zero attached hydrogens (tertiary/aromatic N) is 3. The molecular weight excluding hydrogens is 673 g/mol. The third-order valence-corrected chi connectivity index (χ3v) is 10.9. The zero-order valence-electron chi connectivity index (χ0n) is 30.0. The monoisotopic (exact) mass is 705 g/mol. The number of fused-ring (bicyclic) bond motifs is 7. The molecule has 0 spiro atoms. The van der Waals surface area contributed by atoms with Gasteiger partial charge in [-0.25, -0.2) is 0 Å². The second kappa shape index (κ2) is 12.5. The molecule has 5 nitrogen and oxygen atoms in total. The van der Waals surface area contributed by atoms with Crippen LogP contribution in [0.2, 0.25) is 0 Å². The highest BCUT2D eigenvalue weighted by Crippen LogP contribution is 2.40. The van der Waals surface area contributed by atoms with Crippen molar-refractivity contribution in [1.82, 2.24) is 14.5 Å². The van der Waals surface area contributed by atoms with Crippen molar-refractivity contribution in [2.75, 3.05) is 0 Å². The number of aromatic nitrogens is 3. The fraction of sp³-hybridized carbons (Fsp3) is 0.0204. The smallest absolute Gasteiger partial charge is 0.260 e. The van der Waals surface area contributed by atoms with Crippen molar-refractivity contribution in [2.24, 2.45) is 0 Å². The number of ether oxygens (including phenoxy) is 2. The van der Waals surface area contributed by atoms with Crippen LogP contribution < -0.4 is 25.9 Å². The van der Waals surface area contributed by atoms with Crippen LogP contribution in [0.3, 0.4) is 0 Å². The summed E-state index contributed by atoms with van der Waals surface area (Å²) in [5.74, 6) is 3.26. The zero-order chi connectivity index (χ0) is 36.5. The average Bonchev–Trinajstić information content (AvgIpc) is 3.59. The van der Waals surface area contributed by atoms with Crippen molar-refractivity contribution in [3.05, 3.63) is 176 Å². The lowest BCUT2D eigenvalue weighted by molar-refractivity contribution is 0.465. The normalized spacial score (nSPS) is 12.6. The summed E-state index contributed by atoms with van der Waals surface area (Å²) in [4.78, 5) is 9.31. The Kier molecular flexibility index (Phi) is 7.11. The number of hydrogen-bond donors (Lipinski definition) is 0. The Balaban J connectivity index is 1.04. The van der Waals surface area contributed by atoms with E-state index in [1.54, 1.807) is 0 Å². The topological polar surface area (TPSA) is 49.2 Å². The van der Waals surface area contributed by atoms with Crippen LogP contribution in [-0.4, -0.2) is 21.2 Å². The number of pyridine rings is 2. The van der Waals surface area contributed by atoms with Crippen LogP contribution >= 0.6 is 0 Å². The molecule has 0 bridgehead atoms. The lowest BCUT2D eigenvalue weighted by Crippen LogP contribution is -2.57. The van der Waals surface area contributed by atoms with Gasteiger partial charge in [-0.15, -0.1) is 0 Å². The van der Waals surface area contributed by atoms with Crippen LogP contribution in [0.25, 0.3) is 67.2 Å². The first-order valence-electron chi connectivity index (χ1n) is 18.6. The molecule has 0 amide bonds. The van der Waals surface area contributed by atoms with Gasteiger partial charge >= 0.3 is 0 Å². The molecule has 3 aromatic heterocycles. The summed E-state index contributed by atoms with van der Waals surface area (Å²) in [5.41, 5.74) is 13.9. The van der Waals surface area contributed by atoms with Crippen LogP contribution in [-0.2, 0) is 0 Å². The second-order valence-corrected chi connectivity index (χ2v) is 14.1. The number of allylic oxidation sites excluding steroid dienone is 1. The predicted molar refractivity (Wildman–Crippen MR) is 225 cm³/mol. The van der Waals surface area contributed by atoms with E-state index in [-0.39, 0.29) is 6.71 Å². The lowest BCUT2D eigenvalue weighted by atomic mass is 9.34. The largest absolute Gasteiger partial charge is 0.458 e. The molecule has 55 heavy (non-hydrogen) atoms. The van der Waals surface area contributed by atoms with E-state index in [1.165, 1.54) is 27.4 Å². The number of hydrogen-bond acceptors (Lipinski definition) is 4. The van der Waals surface area contributed by atoms with Crippen molar-refractivity contribution in [2.45, 2.75) is 6.92 Å². The highest BCUT2D eigenvalue weighted by atomic mass is 16.5. The molecule has 6 heteroatoms. The predicted octanol–water partition coefficient (Wildman–Crippen LogP) is 10.3. The van der Waals surface area contributed by atoms with E-state index in [0.29, 0.717) is 0 Å². The number of benzene rings is 6. The quantitative estimate of drug-likeness (QED) is 0.167. The zero-order valence-corrected chi connectivity index (χ0v) is 30.0. The summed E-state index contributed by atoms with van der Waals surface area (Å²) in [5, 5.41) is 2.51. The Hall–Kier alpha value is -7.18. The second-order valence-electron chi connectivity index (χ2n) is 14.1. The van der Waals surface area contributed by atoms with Gasteiger partial charge in [-0.3, -0.25) is 9.97 Å². The fourth-order valence-corrected chi connectivity index (χ4v) is 8.50. The molecule has 0 aliphatic carbocycles. The standard InChI is InChI=1S/C49H32BN3O2/c1-2-10-32-11-9-16-43-48(32)37-12-3-4-15-42(37)53(43)36-21-17-31(18-22-36)35-29-46-49-47(30-35)55-45-24-20-34(41-14-6-8-26-52-41)28-39(45)50(49)38-27-33(19-23-44(38)54-46)40-13-5-7-25-51-40/h2-30H,1H3. The van der Waals surface area contributed by atoms with Gasteiger partial charge in [-0.1, -0.05) is 78.9 Å². The van der Waals surface area contributed by atoms with Crippen LogP contribution in [0.4, 0.5) is 0 Å². The van der Waals surface area contributed by atoms with Crippen molar-refractivity contribution < 1.29 is 9.47 Å². The summed E-state index contributed by atoms with van der Waals surface area (Å²) < 4.78 is 16.0. The Morgan fingerprint density at radius 2 is 1.13 bits per heavy atom. The first-order chi connectivity index (χ1) is 27.2. The maximum Gasteiger partial charge on any atom is 0.260 e.